The number of nitrogens with one attached hydrogen (secondary N) is 1. The van der Waals surface area contributed by atoms with Gasteiger partial charge in [-0.1, -0.05) is 31.2 Å². The Hall–Kier alpha value is -0.860. The van der Waals surface area contributed by atoms with Crippen LogP contribution in [0.4, 0.5) is 0 Å². The van der Waals surface area contributed by atoms with Gasteiger partial charge in [-0.05, 0) is 31.4 Å². The molecule has 1 N–H and O–H groups in total. The molecule has 2 nitrogen and oxygen atoms in total. The summed E-state index contributed by atoms with van der Waals surface area (Å²) < 4.78 is 5.20. The molecule has 0 amide bonds. The number of hydrogen-bond donors (Lipinski definition) is 1. The van der Waals surface area contributed by atoms with Crippen LogP contribution in [0, 0.1) is 6.92 Å². The minimum atomic E-state index is 0.376. The van der Waals surface area contributed by atoms with Crippen LogP contribution < -0.4 is 5.32 Å². The third-order valence-corrected chi connectivity index (χ3v) is 3.00. The lowest BCUT2D eigenvalue weighted by atomic mass is 10.0. The fourth-order valence-corrected chi connectivity index (χ4v) is 2.00. The quantitative estimate of drug-likeness (QED) is 0.797. The van der Waals surface area contributed by atoms with Crippen LogP contribution in [0.15, 0.2) is 24.3 Å². The van der Waals surface area contributed by atoms with Crippen LogP contribution >= 0.6 is 0 Å². The van der Waals surface area contributed by atoms with Crippen LogP contribution in [0.2, 0.25) is 0 Å². The summed E-state index contributed by atoms with van der Waals surface area (Å²) in [6.45, 7) is 7.32. The van der Waals surface area contributed by atoms with Crippen molar-refractivity contribution in [1.29, 1.82) is 0 Å². The van der Waals surface area contributed by atoms with Crippen LogP contribution in [-0.2, 0) is 4.74 Å². The molecule has 1 aromatic carbocycles. The number of ether oxygens (including phenoxy) is 1. The highest BCUT2D eigenvalue weighted by molar-refractivity contribution is 5.28. The highest BCUT2D eigenvalue weighted by atomic mass is 16.5. The van der Waals surface area contributed by atoms with Crippen molar-refractivity contribution in [2.75, 3.05) is 13.7 Å². The fourth-order valence-electron chi connectivity index (χ4n) is 2.00. The van der Waals surface area contributed by atoms with E-state index in [0.717, 1.165) is 13.0 Å². The van der Waals surface area contributed by atoms with Crippen molar-refractivity contribution in [3.63, 3.8) is 0 Å². The van der Waals surface area contributed by atoms with Gasteiger partial charge >= 0.3 is 0 Å². The van der Waals surface area contributed by atoms with E-state index in [9.17, 15) is 0 Å². The molecule has 0 bridgehead atoms. The van der Waals surface area contributed by atoms with E-state index in [-0.39, 0.29) is 0 Å². The van der Waals surface area contributed by atoms with Crippen molar-refractivity contribution >= 4 is 0 Å². The summed E-state index contributed by atoms with van der Waals surface area (Å²) >= 11 is 0. The summed E-state index contributed by atoms with van der Waals surface area (Å²) in [6, 6.07) is 9.33. The number of hydrogen-bond acceptors (Lipinski definition) is 2. The van der Waals surface area contributed by atoms with E-state index in [0.29, 0.717) is 12.1 Å². The maximum Gasteiger partial charge on any atom is 0.0615 e. The Bertz CT molecular complexity index is 311. The number of benzene rings is 1. The Kier molecular flexibility index (Phi) is 5.50. The summed E-state index contributed by atoms with van der Waals surface area (Å²) in [7, 11) is 1.75. The Morgan fingerprint density at radius 1 is 1.31 bits per heavy atom. The van der Waals surface area contributed by atoms with E-state index in [4.69, 9.17) is 4.74 Å². The predicted molar refractivity (Wildman–Crippen MR) is 68.7 cm³/mol. The molecule has 0 spiro atoms. The standard InChI is InChI=1S/C14H23NO/c1-5-13(10-16-4)15-12(3)14-9-7-6-8-11(14)2/h6-9,12-13,15H,5,10H2,1-4H3. The third-order valence-electron chi connectivity index (χ3n) is 3.00. The molecule has 0 saturated carbocycles. The number of methoxy groups -OCH3 is 1. The average molecular weight is 221 g/mol. The molecule has 0 aliphatic rings. The van der Waals surface area contributed by atoms with E-state index in [2.05, 4.69) is 50.4 Å². The zero-order valence-electron chi connectivity index (χ0n) is 10.8. The minimum absolute atomic E-state index is 0.376. The second-order valence-electron chi connectivity index (χ2n) is 4.31. The van der Waals surface area contributed by atoms with Crippen LogP contribution in [-0.4, -0.2) is 19.8 Å². The molecular formula is C14H23NO. The molecule has 1 aromatic rings. The van der Waals surface area contributed by atoms with Gasteiger partial charge in [-0.15, -0.1) is 0 Å². The molecule has 0 heterocycles. The van der Waals surface area contributed by atoms with Gasteiger partial charge in [0.05, 0.1) is 6.61 Å². The van der Waals surface area contributed by atoms with Crippen LogP contribution in [0.1, 0.15) is 37.4 Å². The molecule has 90 valence electrons. The lowest BCUT2D eigenvalue weighted by molar-refractivity contribution is 0.159. The Balaban J connectivity index is 2.64. The maximum atomic E-state index is 5.20. The first-order valence-electron chi connectivity index (χ1n) is 5.99. The van der Waals surface area contributed by atoms with Crippen molar-refractivity contribution in [1.82, 2.24) is 5.32 Å². The molecular weight excluding hydrogens is 198 g/mol. The zero-order valence-corrected chi connectivity index (χ0v) is 10.8. The number of aryl methyl sites for hydroxylation is 1. The molecule has 0 aromatic heterocycles. The predicted octanol–water partition coefficient (Wildman–Crippen LogP) is 3.07. The third kappa shape index (κ3) is 3.62. The monoisotopic (exact) mass is 221 g/mol. The fraction of sp³-hybridized carbons (Fsp3) is 0.571. The molecule has 2 atom stereocenters. The smallest absolute Gasteiger partial charge is 0.0615 e. The van der Waals surface area contributed by atoms with Crippen LogP contribution in [0.25, 0.3) is 0 Å². The summed E-state index contributed by atoms with van der Waals surface area (Å²) in [5.74, 6) is 0. The number of rotatable bonds is 6. The first kappa shape index (κ1) is 13.2. The maximum absolute atomic E-state index is 5.20. The Labute approximate surface area is 99.0 Å². The van der Waals surface area contributed by atoms with Gasteiger partial charge < -0.3 is 10.1 Å². The lowest BCUT2D eigenvalue weighted by Crippen LogP contribution is -2.34. The van der Waals surface area contributed by atoms with Crippen molar-refractivity contribution < 1.29 is 4.74 Å². The van der Waals surface area contributed by atoms with Gasteiger partial charge in [-0.25, -0.2) is 0 Å². The summed E-state index contributed by atoms with van der Waals surface area (Å²) in [5.41, 5.74) is 2.71. The van der Waals surface area contributed by atoms with Crippen molar-refractivity contribution in [2.24, 2.45) is 0 Å². The van der Waals surface area contributed by atoms with Gasteiger partial charge in [0.1, 0.15) is 0 Å². The van der Waals surface area contributed by atoms with E-state index in [1.807, 2.05) is 0 Å². The highest BCUT2D eigenvalue weighted by Crippen LogP contribution is 2.17. The topological polar surface area (TPSA) is 21.3 Å². The van der Waals surface area contributed by atoms with Crippen molar-refractivity contribution in [2.45, 2.75) is 39.3 Å². The molecule has 0 saturated heterocycles. The summed E-state index contributed by atoms with van der Waals surface area (Å²) in [6.07, 6.45) is 1.09. The zero-order chi connectivity index (χ0) is 12.0. The van der Waals surface area contributed by atoms with E-state index < -0.39 is 0 Å². The van der Waals surface area contributed by atoms with E-state index >= 15 is 0 Å². The van der Waals surface area contributed by atoms with Gasteiger partial charge in [0, 0.05) is 19.2 Å². The molecule has 2 heteroatoms. The lowest BCUT2D eigenvalue weighted by Gasteiger charge is -2.23. The highest BCUT2D eigenvalue weighted by Gasteiger charge is 2.12. The van der Waals surface area contributed by atoms with Crippen molar-refractivity contribution in [3.05, 3.63) is 35.4 Å². The van der Waals surface area contributed by atoms with Gasteiger partial charge in [-0.2, -0.15) is 0 Å². The molecule has 0 aliphatic carbocycles. The average Bonchev–Trinajstić information content (AvgIpc) is 2.28. The first-order valence-corrected chi connectivity index (χ1v) is 5.99. The Morgan fingerprint density at radius 2 is 2.00 bits per heavy atom. The second-order valence-corrected chi connectivity index (χ2v) is 4.31. The first-order chi connectivity index (χ1) is 7.69. The van der Waals surface area contributed by atoms with Crippen LogP contribution in [0.5, 0.6) is 0 Å². The van der Waals surface area contributed by atoms with Gasteiger partial charge in [-0.3, -0.25) is 0 Å². The molecule has 0 aliphatic heterocycles. The molecule has 0 radical (unpaired) electrons. The normalized spacial score (nSPS) is 14.8. The van der Waals surface area contributed by atoms with E-state index in [1.54, 1.807) is 7.11 Å². The van der Waals surface area contributed by atoms with Gasteiger partial charge in [0.15, 0.2) is 0 Å². The minimum Gasteiger partial charge on any atom is -0.383 e. The van der Waals surface area contributed by atoms with Crippen LogP contribution in [0.3, 0.4) is 0 Å². The summed E-state index contributed by atoms with van der Waals surface area (Å²) in [5, 5.41) is 3.60. The molecule has 16 heavy (non-hydrogen) atoms. The second kappa shape index (κ2) is 6.66. The van der Waals surface area contributed by atoms with Gasteiger partial charge in [0.2, 0.25) is 0 Å². The van der Waals surface area contributed by atoms with Gasteiger partial charge in [0.25, 0.3) is 0 Å². The Morgan fingerprint density at radius 3 is 2.56 bits per heavy atom. The van der Waals surface area contributed by atoms with Crippen molar-refractivity contribution in [3.8, 4) is 0 Å². The summed E-state index contributed by atoms with van der Waals surface area (Å²) in [4.78, 5) is 0. The SMILES string of the molecule is CCC(COC)NC(C)c1ccccc1C. The molecule has 1 rings (SSSR count). The van der Waals surface area contributed by atoms with E-state index in [1.165, 1.54) is 11.1 Å². The molecule has 0 fully saturated rings. The molecule has 2 unspecified atom stereocenters. The largest absolute Gasteiger partial charge is 0.383 e.